The molecule has 0 radical (unpaired) electrons. The van der Waals surface area contributed by atoms with Crippen molar-refractivity contribution in [2.75, 3.05) is 25.2 Å². The smallest absolute Gasteiger partial charge is 0.255 e. The predicted octanol–water partition coefficient (Wildman–Crippen LogP) is 2.88. The number of rotatable bonds is 3. The van der Waals surface area contributed by atoms with Gasteiger partial charge in [0.2, 0.25) is 5.95 Å². The highest BCUT2D eigenvalue weighted by molar-refractivity contribution is 5.60. The van der Waals surface area contributed by atoms with Crippen LogP contribution in [-0.2, 0) is 18.2 Å². The molecule has 1 fully saturated rings. The molecular formula is C23H23FN4O3. The SMILES string of the molecule is COc1cccc2c1CCC1C2OCCN1c1nc(-c2ccncc2F)cc(=O)n1C. The number of methoxy groups -OCH3 is 1. The van der Waals surface area contributed by atoms with Gasteiger partial charge in [-0.1, -0.05) is 12.1 Å². The lowest BCUT2D eigenvalue weighted by Gasteiger charge is -2.45. The standard InChI is InChI=1S/C23H23FN4O3/c1-27-21(29)12-18(16-8-9-25-13-17(16)24)26-23(27)28-10-11-31-22-15-4-3-5-20(30-2)14(15)6-7-19(22)28/h3-5,8-9,12-13,19,22H,6-7,10-11H2,1-2H3. The van der Waals surface area contributed by atoms with E-state index < -0.39 is 5.82 Å². The summed E-state index contributed by atoms with van der Waals surface area (Å²) in [4.78, 5) is 23.4. The zero-order valence-electron chi connectivity index (χ0n) is 17.4. The highest BCUT2D eigenvalue weighted by atomic mass is 19.1. The summed E-state index contributed by atoms with van der Waals surface area (Å²) >= 11 is 0. The molecule has 1 saturated heterocycles. The van der Waals surface area contributed by atoms with Crippen LogP contribution in [0.2, 0.25) is 0 Å². The average molecular weight is 422 g/mol. The van der Waals surface area contributed by atoms with Crippen LogP contribution >= 0.6 is 0 Å². The number of benzene rings is 1. The molecule has 0 bridgehead atoms. The molecule has 8 heteroatoms. The molecule has 2 unspecified atom stereocenters. The van der Waals surface area contributed by atoms with Crippen LogP contribution in [0.1, 0.15) is 23.7 Å². The van der Waals surface area contributed by atoms with Gasteiger partial charge in [0.25, 0.3) is 5.56 Å². The van der Waals surface area contributed by atoms with E-state index in [-0.39, 0.29) is 23.3 Å². The number of halogens is 1. The zero-order chi connectivity index (χ0) is 21.5. The minimum atomic E-state index is -0.507. The summed E-state index contributed by atoms with van der Waals surface area (Å²) in [6, 6.07) is 8.94. The van der Waals surface area contributed by atoms with Crippen molar-refractivity contribution in [3.05, 3.63) is 70.0 Å². The van der Waals surface area contributed by atoms with Crippen molar-refractivity contribution in [2.24, 2.45) is 7.05 Å². The van der Waals surface area contributed by atoms with E-state index in [0.717, 1.165) is 30.4 Å². The third-order valence-corrected chi connectivity index (χ3v) is 6.18. The molecule has 0 N–H and O–H groups in total. The monoisotopic (exact) mass is 422 g/mol. The minimum absolute atomic E-state index is 0.0176. The van der Waals surface area contributed by atoms with Crippen molar-refractivity contribution in [1.82, 2.24) is 14.5 Å². The third-order valence-electron chi connectivity index (χ3n) is 6.18. The molecule has 0 spiro atoms. The predicted molar refractivity (Wildman–Crippen MR) is 114 cm³/mol. The molecule has 31 heavy (non-hydrogen) atoms. The largest absolute Gasteiger partial charge is 0.496 e. The molecular weight excluding hydrogens is 399 g/mol. The number of hydrogen-bond acceptors (Lipinski definition) is 6. The molecule has 0 amide bonds. The maximum atomic E-state index is 14.3. The van der Waals surface area contributed by atoms with Gasteiger partial charge in [-0.2, -0.15) is 0 Å². The van der Waals surface area contributed by atoms with Gasteiger partial charge in [-0.05, 0) is 30.5 Å². The van der Waals surface area contributed by atoms with Crippen LogP contribution in [0.25, 0.3) is 11.3 Å². The highest BCUT2D eigenvalue weighted by Gasteiger charge is 2.39. The van der Waals surface area contributed by atoms with Crippen LogP contribution in [0.3, 0.4) is 0 Å². The van der Waals surface area contributed by atoms with E-state index in [1.54, 1.807) is 14.2 Å². The molecule has 2 aromatic heterocycles. The second kappa shape index (κ2) is 7.77. The fraction of sp³-hybridized carbons (Fsp3) is 0.348. The molecule has 7 nitrogen and oxygen atoms in total. The third kappa shape index (κ3) is 3.27. The number of fused-ring (bicyclic) bond motifs is 3. The lowest BCUT2D eigenvalue weighted by molar-refractivity contribution is 0.00148. The Morgan fingerprint density at radius 1 is 1.29 bits per heavy atom. The quantitative estimate of drug-likeness (QED) is 0.647. The lowest BCUT2D eigenvalue weighted by atomic mass is 9.83. The summed E-state index contributed by atoms with van der Waals surface area (Å²) < 4.78 is 27.6. The van der Waals surface area contributed by atoms with E-state index >= 15 is 0 Å². The average Bonchev–Trinajstić information content (AvgIpc) is 2.80. The van der Waals surface area contributed by atoms with E-state index in [1.165, 1.54) is 28.5 Å². The van der Waals surface area contributed by atoms with Crippen molar-refractivity contribution in [3.63, 3.8) is 0 Å². The number of aromatic nitrogens is 3. The summed E-state index contributed by atoms with van der Waals surface area (Å²) in [6.07, 6.45) is 4.15. The summed E-state index contributed by atoms with van der Waals surface area (Å²) in [5.74, 6) is 0.883. The van der Waals surface area contributed by atoms with Crippen LogP contribution in [0, 0.1) is 5.82 Å². The number of hydrogen-bond donors (Lipinski definition) is 0. The topological polar surface area (TPSA) is 69.5 Å². The molecule has 3 aromatic rings. The maximum Gasteiger partial charge on any atom is 0.255 e. The van der Waals surface area contributed by atoms with Crippen molar-refractivity contribution >= 4 is 5.95 Å². The number of anilines is 1. The van der Waals surface area contributed by atoms with Crippen LogP contribution in [0.5, 0.6) is 5.75 Å². The first-order valence-corrected chi connectivity index (χ1v) is 10.3. The molecule has 2 atom stereocenters. The Morgan fingerprint density at radius 2 is 2.16 bits per heavy atom. The minimum Gasteiger partial charge on any atom is -0.496 e. The van der Waals surface area contributed by atoms with Gasteiger partial charge < -0.3 is 14.4 Å². The number of nitrogens with zero attached hydrogens (tertiary/aromatic N) is 4. The van der Waals surface area contributed by atoms with Crippen molar-refractivity contribution < 1.29 is 13.9 Å². The van der Waals surface area contributed by atoms with Crippen molar-refractivity contribution in [2.45, 2.75) is 25.0 Å². The van der Waals surface area contributed by atoms with Crippen LogP contribution in [0.15, 0.2) is 47.5 Å². The first-order chi connectivity index (χ1) is 15.1. The summed E-state index contributed by atoms with van der Waals surface area (Å²) in [7, 11) is 3.38. The van der Waals surface area contributed by atoms with Gasteiger partial charge in [0.05, 0.1) is 31.6 Å². The van der Waals surface area contributed by atoms with Gasteiger partial charge in [-0.25, -0.2) is 9.37 Å². The number of morpholine rings is 1. The first-order valence-electron chi connectivity index (χ1n) is 10.3. The second-order valence-electron chi connectivity index (χ2n) is 7.81. The molecule has 0 saturated carbocycles. The zero-order valence-corrected chi connectivity index (χ0v) is 17.4. The molecule has 2 aliphatic rings. The summed E-state index contributed by atoms with van der Waals surface area (Å²) in [5, 5.41) is 0. The molecule has 5 rings (SSSR count). The Labute approximate surface area is 179 Å². The van der Waals surface area contributed by atoms with E-state index in [1.807, 2.05) is 12.1 Å². The number of ether oxygens (including phenoxy) is 2. The molecule has 1 aliphatic carbocycles. The first kappa shape index (κ1) is 19.7. The van der Waals surface area contributed by atoms with Gasteiger partial charge in [-0.3, -0.25) is 14.3 Å². The molecule has 1 aromatic carbocycles. The van der Waals surface area contributed by atoms with Gasteiger partial charge >= 0.3 is 0 Å². The fourth-order valence-corrected chi connectivity index (χ4v) is 4.68. The van der Waals surface area contributed by atoms with Gasteiger partial charge in [0.15, 0.2) is 5.82 Å². The van der Waals surface area contributed by atoms with Gasteiger partial charge in [0, 0.05) is 37.0 Å². The Hall–Kier alpha value is -3.26. The Balaban J connectivity index is 1.58. The normalized spacial score (nSPS) is 20.2. The fourth-order valence-electron chi connectivity index (χ4n) is 4.68. The summed E-state index contributed by atoms with van der Waals surface area (Å²) in [6.45, 7) is 1.10. The molecule has 1 aliphatic heterocycles. The Bertz CT molecular complexity index is 1200. The Morgan fingerprint density at radius 3 is 2.97 bits per heavy atom. The van der Waals surface area contributed by atoms with E-state index in [0.29, 0.717) is 24.8 Å². The summed E-state index contributed by atoms with van der Waals surface area (Å²) in [5.41, 5.74) is 2.61. The highest BCUT2D eigenvalue weighted by Crippen LogP contribution is 2.42. The lowest BCUT2D eigenvalue weighted by Crippen LogP contribution is -2.51. The van der Waals surface area contributed by atoms with Crippen molar-refractivity contribution in [1.29, 1.82) is 0 Å². The van der Waals surface area contributed by atoms with E-state index in [9.17, 15) is 9.18 Å². The van der Waals surface area contributed by atoms with E-state index in [4.69, 9.17) is 14.5 Å². The van der Waals surface area contributed by atoms with Crippen LogP contribution in [-0.4, -0.2) is 40.8 Å². The maximum absolute atomic E-state index is 14.3. The van der Waals surface area contributed by atoms with Gasteiger partial charge in [-0.15, -0.1) is 0 Å². The molecule has 3 heterocycles. The van der Waals surface area contributed by atoms with Crippen LogP contribution < -0.4 is 15.2 Å². The van der Waals surface area contributed by atoms with E-state index in [2.05, 4.69) is 16.0 Å². The van der Waals surface area contributed by atoms with Crippen molar-refractivity contribution in [3.8, 4) is 17.0 Å². The Kier molecular flexibility index (Phi) is 4.94. The second-order valence-corrected chi connectivity index (χ2v) is 7.81. The number of pyridine rings is 1. The van der Waals surface area contributed by atoms with Crippen LogP contribution in [0.4, 0.5) is 10.3 Å². The molecule has 160 valence electrons. The van der Waals surface area contributed by atoms with Gasteiger partial charge in [0.1, 0.15) is 11.9 Å².